The monoisotopic (exact) mass is 286 g/mol. The van der Waals surface area contributed by atoms with Crippen molar-refractivity contribution in [3.63, 3.8) is 0 Å². The predicted molar refractivity (Wildman–Crippen MR) is 67.4 cm³/mol. The molecule has 0 saturated carbocycles. The van der Waals surface area contributed by atoms with Crippen LogP contribution in [0.2, 0.25) is 0 Å². The van der Waals surface area contributed by atoms with E-state index in [1.54, 1.807) is 6.92 Å². The third kappa shape index (κ3) is 4.04. The minimum absolute atomic E-state index is 0.0623. The first-order valence-electron chi connectivity index (χ1n) is 6.00. The van der Waals surface area contributed by atoms with Gasteiger partial charge in [-0.3, -0.25) is 4.79 Å². The van der Waals surface area contributed by atoms with Gasteiger partial charge in [0.2, 0.25) is 5.88 Å². The molecule has 0 spiro atoms. The molecule has 2 unspecified atom stereocenters. The Kier molecular flexibility index (Phi) is 6.13. The molecule has 0 aromatic carbocycles. The number of rotatable bonds is 7. The van der Waals surface area contributed by atoms with Gasteiger partial charge in [0.1, 0.15) is 6.10 Å². The Morgan fingerprint density at radius 1 is 1.35 bits per heavy atom. The van der Waals surface area contributed by atoms with Gasteiger partial charge in [0.05, 0.1) is 38.9 Å². The molecular formula is C12H18N2O6. The summed E-state index contributed by atoms with van der Waals surface area (Å²) in [5, 5.41) is 19.8. The van der Waals surface area contributed by atoms with E-state index >= 15 is 0 Å². The molecule has 0 bridgehead atoms. The molecule has 1 rings (SSSR count). The molecule has 1 aromatic heterocycles. The molecule has 20 heavy (non-hydrogen) atoms. The van der Waals surface area contributed by atoms with Crippen molar-refractivity contribution < 1.29 is 29.2 Å². The van der Waals surface area contributed by atoms with Crippen LogP contribution in [0.15, 0.2) is 6.20 Å². The van der Waals surface area contributed by atoms with E-state index in [1.807, 2.05) is 0 Å². The van der Waals surface area contributed by atoms with Crippen molar-refractivity contribution in [1.82, 2.24) is 9.97 Å². The summed E-state index contributed by atoms with van der Waals surface area (Å²) in [6.07, 6.45) is -1.80. The fourth-order valence-corrected chi connectivity index (χ4v) is 1.53. The van der Waals surface area contributed by atoms with Crippen molar-refractivity contribution in [2.75, 3.05) is 20.8 Å². The van der Waals surface area contributed by atoms with Crippen LogP contribution in [-0.2, 0) is 9.53 Å². The number of ether oxygens (including phenoxy) is 3. The minimum Gasteiger partial charge on any atom is -0.481 e. The largest absolute Gasteiger partial charge is 0.481 e. The lowest BCUT2D eigenvalue weighted by molar-refractivity contribution is -0.147. The van der Waals surface area contributed by atoms with E-state index in [0.29, 0.717) is 0 Å². The lowest BCUT2D eigenvalue weighted by Crippen LogP contribution is -2.24. The van der Waals surface area contributed by atoms with Gasteiger partial charge in [-0.25, -0.2) is 4.98 Å². The molecule has 0 radical (unpaired) electrons. The van der Waals surface area contributed by atoms with Crippen LogP contribution in [0.4, 0.5) is 0 Å². The maximum Gasteiger partial charge on any atom is 0.319 e. The first-order valence-corrected chi connectivity index (χ1v) is 6.00. The number of esters is 1. The van der Waals surface area contributed by atoms with Crippen LogP contribution in [-0.4, -0.2) is 53.1 Å². The van der Waals surface area contributed by atoms with Crippen LogP contribution in [0.1, 0.15) is 25.0 Å². The van der Waals surface area contributed by atoms with Gasteiger partial charge in [0.15, 0.2) is 0 Å². The average Bonchev–Trinajstić information content (AvgIpc) is 2.45. The maximum absolute atomic E-state index is 11.3. The van der Waals surface area contributed by atoms with Crippen LogP contribution in [0.5, 0.6) is 11.9 Å². The van der Waals surface area contributed by atoms with Gasteiger partial charge in [-0.1, -0.05) is 0 Å². The molecule has 0 aliphatic heterocycles. The molecule has 0 fully saturated rings. The zero-order chi connectivity index (χ0) is 15.1. The van der Waals surface area contributed by atoms with Gasteiger partial charge in [-0.2, -0.15) is 4.98 Å². The smallest absolute Gasteiger partial charge is 0.319 e. The highest BCUT2D eigenvalue weighted by Gasteiger charge is 2.26. The van der Waals surface area contributed by atoms with Crippen molar-refractivity contribution >= 4 is 5.97 Å². The number of methoxy groups -OCH3 is 2. The predicted octanol–water partition coefficient (Wildman–Crippen LogP) is -0.159. The summed E-state index contributed by atoms with van der Waals surface area (Å²) in [5.41, 5.74) is 0.157. The van der Waals surface area contributed by atoms with E-state index in [-0.39, 0.29) is 30.5 Å². The van der Waals surface area contributed by atoms with E-state index in [0.717, 1.165) is 0 Å². The molecular weight excluding hydrogens is 268 g/mol. The number of carbonyl (C=O) groups is 1. The van der Waals surface area contributed by atoms with E-state index in [4.69, 9.17) is 14.2 Å². The molecule has 0 saturated heterocycles. The third-order valence-electron chi connectivity index (χ3n) is 2.50. The molecule has 8 nitrogen and oxygen atoms in total. The van der Waals surface area contributed by atoms with Crippen LogP contribution >= 0.6 is 0 Å². The Morgan fingerprint density at radius 2 is 2.05 bits per heavy atom. The molecule has 112 valence electrons. The molecule has 1 aromatic rings. The van der Waals surface area contributed by atoms with Crippen molar-refractivity contribution in [3.8, 4) is 11.9 Å². The highest BCUT2D eigenvalue weighted by molar-refractivity contribution is 5.70. The second-order valence-corrected chi connectivity index (χ2v) is 3.84. The number of carbonyl (C=O) groups excluding carboxylic acids is 1. The zero-order valence-electron chi connectivity index (χ0n) is 11.6. The number of hydrogen-bond acceptors (Lipinski definition) is 8. The molecule has 0 amide bonds. The SMILES string of the molecule is CCOC(=O)CC(O)C(O)c1cnc(OC)nc1OC. The van der Waals surface area contributed by atoms with Crippen molar-refractivity contribution in [2.45, 2.75) is 25.6 Å². The molecule has 2 N–H and O–H groups in total. The topological polar surface area (TPSA) is 111 Å². The Morgan fingerprint density at radius 3 is 2.60 bits per heavy atom. The molecule has 0 aliphatic rings. The Hall–Kier alpha value is -1.93. The Balaban J connectivity index is 2.85. The molecule has 8 heteroatoms. The van der Waals surface area contributed by atoms with E-state index in [1.165, 1.54) is 20.4 Å². The highest BCUT2D eigenvalue weighted by atomic mass is 16.5. The van der Waals surface area contributed by atoms with Crippen LogP contribution in [0, 0.1) is 0 Å². The molecule has 2 atom stereocenters. The van der Waals surface area contributed by atoms with Crippen LogP contribution in [0.3, 0.4) is 0 Å². The zero-order valence-corrected chi connectivity index (χ0v) is 11.6. The summed E-state index contributed by atoms with van der Waals surface area (Å²) in [6.45, 7) is 1.86. The minimum atomic E-state index is -1.37. The second kappa shape index (κ2) is 7.61. The first-order chi connectivity index (χ1) is 9.53. The lowest BCUT2D eigenvalue weighted by atomic mass is 10.0. The third-order valence-corrected chi connectivity index (χ3v) is 2.50. The highest BCUT2D eigenvalue weighted by Crippen LogP contribution is 2.27. The number of aliphatic hydroxyl groups excluding tert-OH is 2. The number of nitrogens with zero attached hydrogens (tertiary/aromatic N) is 2. The summed E-state index contributed by atoms with van der Waals surface area (Å²) < 4.78 is 14.5. The van der Waals surface area contributed by atoms with Crippen molar-refractivity contribution in [2.24, 2.45) is 0 Å². The van der Waals surface area contributed by atoms with Gasteiger partial charge in [0.25, 0.3) is 0 Å². The second-order valence-electron chi connectivity index (χ2n) is 3.84. The quantitative estimate of drug-likeness (QED) is 0.665. The summed E-state index contributed by atoms with van der Waals surface area (Å²) >= 11 is 0. The summed E-state index contributed by atoms with van der Waals surface area (Å²) in [7, 11) is 2.75. The number of aliphatic hydroxyl groups is 2. The van der Waals surface area contributed by atoms with Gasteiger partial charge < -0.3 is 24.4 Å². The lowest BCUT2D eigenvalue weighted by Gasteiger charge is -2.18. The molecule has 0 aliphatic carbocycles. The fraction of sp³-hybridized carbons (Fsp3) is 0.583. The number of hydrogen-bond donors (Lipinski definition) is 2. The van der Waals surface area contributed by atoms with E-state index in [2.05, 4.69) is 9.97 Å². The normalized spacial score (nSPS) is 13.4. The maximum atomic E-state index is 11.3. The standard InChI is InChI=1S/C12H18N2O6/c1-4-20-9(16)5-8(15)10(17)7-6-13-12(19-3)14-11(7)18-2/h6,8,10,15,17H,4-5H2,1-3H3. The fourth-order valence-electron chi connectivity index (χ4n) is 1.53. The Bertz CT molecular complexity index is 454. The van der Waals surface area contributed by atoms with Gasteiger partial charge in [-0.15, -0.1) is 0 Å². The number of aromatic nitrogens is 2. The summed E-state index contributed by atoms with van der Waals surface area (Å²) in [6, 6.07) is 0.0673. The van der Waals surface area contributed by atoms with E-state index in [9.17, 15) is 15.0 Å². The van der Waals surface area contributed by atoms with Crippen LogP contribution < -0.4 is 9.47 Å². The summed E-state index contributed by atoms with van der Waals surface area (Å²) in [5.74, 6) is -0.542. The van der Waals surface area contributed by atoms with Gasteiger partial charge >= 0.3 is 12.0 Å². The average molecular weight is 286 g/mol. The van der Waals surface area contributed by atoms with E-state index < -0.39 is 18.2 Å². The van der Waals surface area contributed by atoms with Gasteiger partial charge in [-0.05, 0) is 6.92 Å². The van der Waals surface area contributed by atoms with Gasteiger partial charge in [0, 0.05) is 6.20 Å². The van der Waals surface area contributed by atoms with Crippen molar-refractivity contribution in [3.05, 3.63) is 11.8 Å². The molecule has 1 heterocycles. The Labute approximate surface area is 116 Å². The van der Waals surface area contributed by atoms with Crippen LogP contribution in [0.25, 0.3) is 0 Å². The first kappa shape index (κ1) is 16.1. The summed E-state index contributed by atoms with van der Waals surface area (Å²) in [4.78, 5) is 19.0. The van der Waals surface area contributed by atoms with Crippen molar-refractivity contribution in [1.29, 1.82) is 0 Å².